The van der Waals surface area contributed by atoms with Crippen LogP contribution in [0.3, 0.4) is 0 Å². The molecule has 0 fully saturated rings. The van der Waals surface area contributed by atoms with E-state index in [4.69, 9.17) is 4.74 Å². The molecule has 6 heteroatoms. The van der Waals surface area contributed by atoms with E-state index < -0.39 is 0 Å². The van der Waals surface area contributed by atoms with Crippen molar-refractivity contribution in [3.8, 4) is 11.5 Å². The van der Waals surface area contributed by atoms with Gasteiger partial charge in [-0.3, -0.25) is 15.0 Å². The number of amides is 1. The van der Waals surface area contributed by atoms with Crippen molar-refractivity contribution < 1.29 is 14.6 Å². The molecule has 0 aromatic heterocycles. The third-order valence-corrected chi connectivity index (χ3v) is 4.95. The summed E-state index contributed by atoms with van der Waals surface area (Å²) in [6.45, 7) is 5.28. The summed E-state index contributed by atoms with van der Waals surface area (Å²) < 4.78 is 5.38. The number of ether oxygens (including phenoxy) is 1. The number of para-hydroxylation sites is 1. The molecule has 0 saturated carbocycles. The summed E-state index contributed by atoms with van der Waals surface area (Å²) in [6, 6.07) is 12.6. The van der Waals surface area contributed by atoms with Crippen LogP contribution in [0.1, 0.15) is 18.1 Å². The summed E-state index contributed by atoms with van der Waals surface area (Å²) >= 11 is 0. The molecule has 148 valence electrons. The molecule has 2 N–H and O–H groups in total. The number of benzene rings is 2. The molecule has 0 atom stereocenters. The van der Waals surface area contributed by atoms with Gasteiger partial charge in [0.2, 0.25) is 0 Å². The van der Waals surface area contributed by atoms with E-state index >= 15 is 0 Å². The van der Waals surface area contributed by atoms with Gasteiger partial charge in [0.15, 0.2) is 0 Å². The van der Waals surface area contributed by atoms with Gasteiger partial charge in [-0.25, -0.2) is 0 Å². The first kappa shape index (κ1) is 19.9. The van der Waals surface area contributed by atoms with Crippen LogP contribution in [-0.4, -0.2) is 56.4 Å². The van der Waals surface area contributed by atoms with Gasteiger partial charge in [-0.1, -0.05) is 25.1 Å². The molecule has 0 spiro atoms. The van der Waals surface area contributed by atoms with Crippen molar-refractivity contribution in [1.82, 2.24) is 10.2 Å². The highest BCUT2D eigenvalue weighted by molar-refractivity contribution is 6.35. The highest BCUT2D eigenvalue weighted by Crippen LogP contribution is 2.38. The van der Waals surface area contributed by atoms with Crippen molar-refractivity contribution in [2.75, 3.05) is 45.4 Å². The predicted octanol–water partition coefficient (Wildman–Crippen LogP) is 2.79. The molecular formula is C22H27N3O3. The summed E-state index contributed by atoms with van der Waals surface area (Å²) in [4.78, 5) is 17.1. The minimum atomic E-state index is -0.0667. The lowest BCUT2D eigenvalue weighted by Crippen LogP contribution is -2.39. The Kier molecular flexibility index (Phi) is 6.34. The van der Waals surface area contributed by atoms with E-state index in [1.54, 1.807) is 36.3 Å². The Morgan fingerprint density at radius 2 is 2.04 bits per heavy atom. The zero-order valence-corrected chi connectivity index (χ0v) is 16.6. The number of phenols is 1. The lowest BCUT2D eigenvalue weighted by atomic mass is 10.0. The summed E-state index contributed by atoms with van der Waals surface area (Å²) in [6.07, 6.45) is 1.78. The zero-order valence-electron chi connectivity index (χ0n) is 16.6. The van der Waals surface area contributed by atoms with E-state index in [1.807, 2.05) is 24.3 Å². The van der Waals surface area contributed by atoms with Crippen molar-refractivity contribution in [1.29, 1.82) is 0 Å². The monoisotopic (exact) mass is 381 g/mol. The molecule has 2 aromatic rings. The van der Waals surface area contributed by atoms with Gasteiger partial charge in [0.05, 0.1) is 19.5 Å². The lowest BCUT2D eigenvalue weighted by Gasteiger charge is -2.19. The number of nitrogens with zero attached hydrogens (tertiary/aromatic N) is 2. The van der Waals surface area contributed by atoms with E-state index in [-0.39, 0.29) is 11.7 Å². The minimum absolute atomic E-state index is 0.0667. The maximum Gasteiger partial charge on any atom is 0.260 e. The Balaban J connectivity index is 1.86. The summed E-state index contributed by atoms with van der Waals surface area (Å²) in [5.41, 5.74) is 3.02. The third kappa shape index (κ3) is 4.18. The van der Waals surface area contributed by atoms with Gasteiger partial charge in [0, 0.05) is 29.8 Å². The van der Waals surface area contributed by atoms with Crippen LogP contribution in [0.15, 0.2) is 42.5 Å². The molecule has 1 amide bonds. The number of hydrogen-bond donors (Lipinski definition) is 2. The molecule has 0 unspecified atom stereocenters. The van der Waals surface area contributed by atoms with Crippen molar-refractivity contribution in [3.05, 3.63) is 53.6 Å². The smallest absolute Gasteiger partial charge is 0.260 e. The molecule has 6 nitrogen and oxygen atoms in total. The number of anilines is 1. The van der Waals surface area contributed by atoms with Crippen LogP contribution in [0.5, 0.6) is 11.5 Å². The molecular weight excluding hydrogens is 354 g/mol. The predicted molar refractivity (Wildman–Crippen MR) is 112 cm³/mol. The standard InChI is InChI=1S/C22H27N3O3/c1-4-24(2)12-11-23-15-25-20-8-6-5-7-18(20)19(22(25)27)14-16-13-17(26)9-10-21(16)28-3/h5-10,13-14,23,26H,4,11-12,15H2,1-3H3/b19-14+. The van der Waals surface area contributed by atoms with Crippen LogP contribution >= 0.6 is 0 Å². The fraction of sp³-hybridized carbons (Fsp3) is 0.318. The topological polar surface area (TPSA) is 65.0 Å². The molecule has 1 heterocycles. The van der Waals surface area contributed by atoms with Crippen molar-refractivity contribution in [2.45, 2.75) is 6.92 Å². The Bertz CT molecular complexity index is 879. The highest BCUT2D eigenvalue weighted by atomic mass is 16.5. The maximum atomic E-state index is 13.1. The van der Waals surface area contributed by atoms with Gasteiger partial charge < -0.3 is 14.7 Å². The van der Waals surface area contributed by atoms with Crippen molar-refractivity contribution in [2.24, 2.45) is 0 Å². The molecule has 0 aliphatic carbocycles. The molecule has 0 saturated heterocycles. The number of carbonyl (C=O) groups is 1. The average Bonchev–Trinajstić information content (AvgIpc) is 2.97. The maximum absolute atomic E-state index is 13.1. The van der Waals surface area contributed by atoms with Gasteiger partial charge in [-0.2, -0.15) is 0 Å². The second kappa shape index (κ2) is 8.91. The Labute approximate surface area is 166 Å². The molecule has 28 heavy (non-hydrogen) atoms. The van der Waals surface area contributed by atoms with Gasteiger partial charge in [-0.15, -0.1) is 0 Å². The molecule has 1 aliphatic rings. The number of carbonyl (C=O) groups excluding carboxylic acids is 1. The molecule has 1 aliphatic heterocycles. The number of likely N-dealkylation sites (N-methyl/N-ethyl adjacent to an activating group) is 1. The number of phenolic OH excluding ortho intramolecular Hbond substituents is 1. The summed E-state index contributed by atoms with van der Waals surface area (Å²) in [5, 5.41) is 13.2. The van der Waals surface area contributed by atoms with Crippen LogP contribution in [0.25, 0.3) is 11.6 Å². The lowest BCUT2D eigenvalue weighted by molar-refractivity contribution is -0.113. The fourth-order valence-electron chi connectivity index (χ4n) is 3.21. The van der Waals surface area contributed by atoms with Gasteiger partial charge in [0.1, 0.15) is 11.5 Å². The van der Waals surface area contributed by atoms with Gasteiger partial charge in [0.25, 0.3) is 5.91 Å². The first-order chi connectivity index (χ1) is 13.5. The van der Waals surface area contributed by atoms with E-state index in [2.05, 4.69) is 24.2 Å². The fourth-order valence-corrected chi connectivity index (χ4v) is 3.21. The van der Waals surface area contributed by atoms with Gasteiger partial charge >= 0.3 is 0 Å². The van der Waals surface area contributed by atoms with Crippen LogP contribution in [0, 0.1) is 0 Å². The minimum Gasteiger partial charge on any atom is -0.508 e. The number of hydrogen-bond acceptors (Lipinski definition) is 5. The van der Waals surface area contributed by atoms with E-state index in [0.717, 1.165) is 30.9 Å². The quantitative estimate of drug-likeness (QED) is 0.544. The highest BCUT2D eigenvalue weighted by Gasteiger charge is 2.31. The van der Waals surface area contributed by atoms with Crippen LogP contribution in [0.4, 0.5) is 5.69 Å². The second-order valence-electron chi connectivity index (χ2n) is 6.79. The number of methoxy groups -OCH3 is 1. The van der Waals surface area contributed by atoms with E-state index in [9.17, 15) is 9.90 Å². The largest absolute Gasteiger partial charge is 0.508 e. The van der Waals surface area contributed by atoms with Crippen molar-refractivity contribution >= 4 is 23.2 Å². The van der Waals surface area contributed by atoms with Crippen LogP contribution in [-0.2, 0) is 4.79 Å². The number of aromatic hydroxyl groups is 1. The second-order valence-corrected chi connectivity index (χ2v) is 6.79. The SMILES string of the molecule is CCN(C)CCNCN1C(=O)/C(=C/c2cc(O)ccc2OC)c2ccccc21. The number of rotatable bonds is 8. The number of fused-ring (bicyclic) bond motifs is 1. The zero-order chi connectivity index (χ0) is 20.1. The first-order valence-corrected chi connectivity index (χ1v) is 9.44. The van der Waals surface area contributed by atoms with Crippen LogP contribution in [0.2, 0.25) is 0 Å². The number of nitrogens with one attached hydrogen (secondary N) is 1. The van der Waals surface area contributed by atoms with Crippen molar-refractivity contribution in [3.63, 3.8) is 0 Å². The molecule has 0 bridgehead atoms. The first-order valence-electron chi connectivity index (χ1n) is 9.44. The molecule has 0 radical (unpaired) electrons. The molecule has 3 rings (SSSR count). The Hall–Kier alpha value is -2.83. The summed E-state index contributed by atoms with van der Waals surface area (Å²) in [7, 11) is 3.64. The Morgan fingerprint density at radius 1 is 1.25 bits per heavy atom. The average molecular weight is 381 g/mol. The molecule has 2 aromatic carbocycles. The third-order valence-electron chi connectivity index (χ3n) is 4.95. The van der Waals surface area contributed by atoms with E-state index in [1.165, 1.54) is 0 Å². The van der Waals surface area contributed by atoms with Crippen LogP contribution < -0.4 is 15.0 Å². The van der Waals surface area contributed by atoms with E-state index in [0.29, 0.717) is 23.6 Å². The normalized spacial score (nSPS) is 14.8. The Morgan fingerprint density at radius 3 is 2.79 bits per heavy atom. The summed E-state index contributed by atoms with van der Waals surface area (Å²) in [5.74, 6) is 0.669. The van der Waals surface area contributed by atoms with Gasteiger partial charge in [-0.05, 0) is 43.9 Å².